The van der Waals surface area contributed by atoms with Gasteiger partial charge in [0.1, 0.15) is 6.10 Å². The van der Waals surface area contributed by atoms with E-state index < -0.39 is 11.7 Å². The van der Waals surface area contributed by atoms with Gasteiger partial charge in [-0.2, -0.15) is 0 Å². The van der Waals surface area contributed by atoms with Crippen molar-refractivity contribution < 1.29 is 15.0 Å². The fourth-order valence-electron chi connectivity index (χ4n) is 4.20. The molecule has 0 amide bonds. The third-order valence-electron chi connectivity index (χ3n) is 7.29. The first kappa shape index (κ1) is 37.5. The Labute approximate surface area is 261 Å². The molecule has 0 saturated heterocycles. The van der Waals surface area contributed by atoms with Crippen LogP contribution in [-0.4, -0.2) is 27.7 Å². The third kappa shape index (κ3) is 15.5. The van der Waals surface area contributed by atoms with Crippen molar-refractivity contribution in [3.63, 3.8) is 0 Å². The zero-order valence-electron chi connectivity index (χ0n) is 28.1. The Hall–Kier alpha value is -3.53. The summed E-state index contributed by atoms with van der Waals surface area (Å²) >= 11 is 0. The van der Waals surface area contributed by atoms with Crippen molar-refractivity contribution in [2.45, 2.75) is 93.8 Å². The van der Waals surface area contributed by atoms with Gasteiger partial charge in [0, 0.05) is 6.42 Å². The third-order valence-corrected chi connectivity index (χ3v) is 7.29. The molecule has 0 aromatic rings. The highest BCUT2D eigenvalue weighted by Crippen LogP contribution is 2.39. The molecule has 3 heteroatoms. The monoisotopic (exact) mass is 582 g/mol. The zero-order chi connectivity index (χ0) is 32.6. The van der Waals surface area contributed by atoms with E-state index in [1.807, 2.05) is 57.2 Å². The van der Waals surface area contributed by atoms with Crippen LogP contribution in [0.3, 0.4) is 0 Å². The Morgan fingerprint density at radius 2 is 1.12 bits per heavy atom. The smallest absolute Gasteiger partial charge is 0.158 e. The van der Waals surface area contributed by atoms with Crippen LogP contribution in [0.2, 0.25) is 0 Å². The molecule has 2 N–H and O–H groups in total. The summed E-state index contributed by atoms with van der Waals surface area (Å²) in [5.41, 5.74) is 6.48. The minimum Gasteiger partial charge on any atom is -0.387 e. The van der Waals surface area contributed by atoms with Gasteiger partial charge in [0.25, 0.3) is 0 Å². The molecule has 1 aliphatic carbocycles. The lowest BCUT2D eigenvalue weighted by Gasteiger charge is -2.32. The summed E-state index contributed by atoms with van der Waals surface area (Å²) in [5, 5.41) is 19.7. The van der Waals surface area contributed by atoms with Gasteiger partial charge in [-0.25, -0.2) is 0 Å². The predicted molar refractivity (Wildman–Crippen MR) is 187 cm³/mol. The highest BCUT2D eigenvalue weighted by Gasteiger charge is 2.30. The Balaban J connectivity index is 2.65. The maximum Gasteiger partial charge on any atom is 0.158 e. The number of aliphatic hydroxyl groups excluding tert-OH is 1. The molecular weight excluding hydrogens is 528 g/mol. The molecule has 1 atom stereocenters. The number of aliphatic hydroxyl groups is 2. The number of Topliss-reactive ketones (excluding diaryl/α,β-unsaturated/α-hetero) is 1. The number of rotatable bonds is 13. The van der Waals surface area contributed by atoms with E-state index in [2.05, 4.69) is 89.3 Å². The largest absolute Gasteiger partial charge is 0.387 e. The van der Waals surface area contributed by atoms with Crippen molar-refractivity contribution in [3.05, 3.63) is 142 Å². The highest BCUT2D eigenvalue weighted by molar-refractivity contribution is 5.97. The number of carbonyl (C=O) groups is 1. The van der Waals surface area contributed by atoms with Crippen LogP contribution in [0.25, 0.3) is 0 Å². The second kappa shape index (κ2) is 18.2. The molecule has 43 heavy (non-hydrogen) atoms. The molecule has 0 radical (unpaired) electrons. The van der Waals surface area contributed by atoms with Crippen LogP contribution < -0.4 is 0 Å². The molecule has 232 valence electrons. The van der Waals surface area contributed by atoms with Gasteiger partial charge in [-0.3, -0.25) is 4.79 Å². The number of ketones is 1. The second-order valence-corrected chi connectivity index (χ2v) is 12.7. The number of allylic oxidation sites excluding steroid dienone is 23. The average molecular weight is 583 g/mol. The minimum atomic E-state index is -1.15. The summed E-state index contributed by atoms with van der Waals surface area (Å²) < 4.78 is 0. The molecule has 1 rings (SSSR count). The lowest BCUT2D eigenvalue weighted by atomic mass is 9.72. The first-order chi connectivity index (χ1) is 20.0. The van der Waals surface area contributed by atoms with Crippen LogP contribution in [0.4, 0.5) is 0 Å². The lowest BCUT2D eigenvalue weighted by Crippen LogP contribution is -2.34. The molecule has 0 bridgehead atoms. The van der Waals surface area contributed by atoms with Crippen molar-refractivity contribution >= 4 is 5.78 Å². The molecule has 3 nitrogen and oxygen atoms in total. The standard InChI is InChI=1S/C40H54O3/c1-30(18-13-20-32(3)21-15-23-34(5)25-27-38(42)40(9,10)43)16-11-12-17-31(2)19-14-22-33(4)24-26-36-35(6)37(41)28-29-39(36,7)8/h11-27,38,42-43H,28-29H2,1-10H3. The van der Waals surface area contributed by atoms with E-state index in [4.69, 9.17) is 0 Å². The van der Waals surface area contributed by atoms with E-state index in [-0.39, 0.29) is 11.2 Å². The molecule has 0 spiro atoms. The van der Waals surface area contributed by atoms with Crippen LogP contribution in [0.5, 0.6) is 0 Å². The second-order valence-electron chi connectivity index (χ2n) is 12.7. The Morgan fingerprint density at radius 1 is 0.721 bits per heavy atom. The summed E-state index contributed by atoms with van der Waals surface area (Å²) in [7, 11) is 0. The molecule has 0 fully saturated rings. The lowest BCUT2D eigenvalue weighted by molar-refractivity contribution is -0.116. The molecule has 0 aromatic heterocycles. The first-order valence-electron chi connectivity index (χ1n) is 15.1. The topological polar surface area (TPSA) is 57.5 Å². The zero-order valence-corrected chi connectivity index (χ0v) is 28.1. The molecule has 0 heterocycles. The minimum absolute atomic E-state index is 0.0357. The molecular formula is C40H54O3. The van der Waals surface area contributed by atoms with Crippen LogP contribution >= 0.6 is 0 Å². The number of hydrogen-bond acceptors (Lipinski definition) is 3. The van der Waals surface area contributed by atoms with Crippen molar-refractivity contribution in [3.8, 4) is 0 Å². The average Bonchev–Trinajstić information content (AvgIpc) is 2.91. The van der Waals surface area contributed by atoms with Gasteiger partial charge in [-0.15, -0.1) is 0 Å². The highest BCUT2D eigenvalue weighted by atomic mass is 16.3. The fourth-order valence-corrected chi connectivity index (χ4v) is 4.20. The van der Waals surface area contributed by atoms with Crippen LogP contribution in [-0.2, 0) is 4.79 Å². The predicted octanol–water partition coefficient (Wildman–Crippen LogP) is 9.89. The molecule has 1 unspecified atom stereocenters. The fraction of sp³-hybridized carbons (Fsp3) is 0.375. The Kier molecular flexibility index (Phi) is 15.9. The van der Waals surface area contributed by atoms with Crippen molar-refractivity contribution in [1.29, 1.82) is 0 Å². The molecule has 0 aromatic carbocycles. The SMILES string of the molecule is CC(C=CC=C(C)C=CC=C(C)C=CC(O)C(C)(C)O)=CC=CC=C(C)C=CC=C(C)C=CC1=C(C)C(=O)CCC1(C)C. The maximum absolute atomic E-state index is 12.1. The van der Waals surface area contributed by atoms with Gasteiger partial charge in [-0.1, -0.05) is 145 Å². The van der Waals surface area contributed by atoms with Crippen LogP contribution in [0, 0.1) is 5.41 Å². The molecule has 0 aliphatic heterocycles. The van der Waals surface area contributed by atoms with Gasteiger partial charge in [0.15, 0.2) is 5.78 Å². The molecule has 1 aliphatic rings. The van der Waals surface area contributed by atoms with E-state index in [1.165, 1.54) is 0 Å². The van der Waals surface area contributed by atoms with E-state index in [0.29, 0.717) is 6.42 Å². The maximum atomic E-state index is 12.1. The van der Waals surface area contributed by atoms with E-state index in [9.17, 15) is 15.0 Å². The van der Waals surface area contributed by atoms with Gasteiger partial charge in [0.2, 0.25) is 0 Å². The van der Waals surface area contributed by atoms with E-state index in [0.717, 1.165) is 45.4 Å². The van der Waals surface area contributed by atoms with Crippen LogP contribution in [0.1, 0.15) is 82.1 Å². The summed E-state index contributed by atoms with van der Waals surface area (Å²) in [6.07, 6.45) is 34.9. The Morgan fingerprint density at radius 3 is 1.56 bits per heavy atom. The van der Waals surface area contributed by atoms with E-state index >= 15 is 0 Å². The van der Waals surface area contributed by atoms with Gasteiger partial charge >= 0.3 is 0 Å². The van der Waals surface area contributed by atoms with Gasteiger partial charge in [-0.05, 0) is 78.4 Å². The van der Waals surface area contributed by atoms with E-state index in [1.54, 1.807) is 26.0 Å². The first-order valence-corrected chi connectivity index (χ1v) is 15.1. The summed E-state index contributed by atoms with van der Waals surface area (Å²) in [6, 6.07) is 0. The van der Waals surface area contributed by atoms with Crippen molar-refractivity contribution in [1.82, 2.24) is 0 Å². The van der Waals surface area contributed by atoms with Gasteiger partial charge in [0.05, 0.1) is 5.60 Å². The number of carbonyl (C=O) groups excluding carboxylic acids is 1. The number of hydrogen-bond donors (Lipinski definition) is 2. The van der Waals surface area contributed by atoms with Crippen molar-refractivity contribution in [2.24, 2.45) is 5.41 Å². The summed E-state index contributed by atoms with van der Waals surface area (Å²) in [4.78, 5) is 12.1. The van der Waals surface area contributed by atoms with Gasteiger partial charge < -0.3 is 10.2 Å². The van der Waals surface area contributed by atoms with Crippen molar-refractivity contribution in [2.75, 3.05) is 0 Å². The normalized spacial score (nSPS) is 19.6. The summed E-state index contributed by atoms with van der Waals surface area (Å²) in [5.74, 6) is 0.266. The summed E-state index contributed by atoms with van der Waals surface area (Å²) in [6.45, 7) is 19.8. The van der Waals surface area contributed by atoms with Crippen LogP contribution in [0.15, 0.2) is 142 Å². The Bertz CT molecular complexity index is 1330. The molecule has 0 saturated carbocycles. The quantitative estimate of drug-likeness (QED) is 0.213.